The third-order valence-electron chi connectivity index (χ3n) is 31.9. The van der Waals surface area contributed by atoms with Crippen molar-refractivity contribution in [1.82, 2.24) is 60.7 Å². The average molecular weight is 2080 g/mol. The highest BCUT2D eigenvalue weighted by molar-refractivity contribution is 9.10. The predicted octanol–water partition coefficient (Wildman–Crippen LogP) is 22.0. The van der Waals surface area contributed by atoms with Gasteiger partial charge in [0.25, 0.3) is 0 Å². The maximum absolute atomic E-state index is 12.3. The van der Waals surface area contributed by atoms with Crippen LogP contribution in [0.3, 0.4) is 0 Å². The van der Waals surface area contributed by atoms with Gasteiger partial charge in [0, 0.05) is 183 Å². The molecule has 4 saturated carbocycles. The Morgan fingerprint density at radius 1 is 0.342 bits per heavy atom. The molecule has 0 spiro atoms. The van der Waals surface area contributed by atoms with E-state index < -0.39 is 11.2 Å². The van der Waals surface area contributed by atoms with Crippen molar-refractivity contribution in [3.05, 3.63) is 220 Å². The summed E-state index contributed by atoms with van der Waals surface area (Å²) in [5, 5.41) is 13.7. The van der Waals surface area contributed by atoms with E-state index in [1.165, 1.54) is 102 Å². The van der Waals surface area contributed by atoms with Gasteiger partial charge in [0.15, 0.2) is 0 Å². The summed E-state index contributed by atoms with van der Waals surface area (Å²) < 4.78 is 34.2. The van der Waals surface area contributed by atoms with Crippen LogP contribution in [0.2, 0.25) is 0 Å². The van der Waals surface area contributed by atoms with Crippen LogP contribution in [0.4, 0.5) is 49.9 Å². The van der Waals surface area contributed by atoms with Crippen LogP contribution in [0, 0.1) is 0 Å². The van der Waals surface area contributed by atoms with Gasteiger partial charge in [-0.2, -0.15) is 0 Å². The Kier molecular flexibility index (Phi) is 32.3. The van der Waals surface area contributed by atoms with Gasteiger partial charge in [-0.3, -0.25) is 0 Å². The standard InChI is InChI=1S/C32H41N5O3.C29H37N5O.C27H33N5O.C23H24BrN3O.C9H18N2O2/c1-32(2,3)40-31(38)33-23-15-18-37(20-23)24-11-12-27-26(19-24)30(35-29(34-27)22-9-10-22)36-16-13-21(14-17-36)25-7-5-6-8-28(25)39-4;1-32(2)23-14-17-34(19-23)22-10-11-26-25(18-22)29(31-28(30-26)21-8-9-21)33-15-12-20(13-16-33)24-6-4-5-7-27(24)35-3;1-33-25-5-3-2-4-22(25)18-10-13-31(14-11-18)27-23-16-21(32-15-12-20(28)17-32)8-9-24(23)29-26(30-27)19-6-7-19;1-28-21-5-3-2-4-18(21)15-10-12-27(13-11-15)23-19-14-17(24)8-9-20(19)25-22(26-23)16-6-7-16;1-9(2,3)13-8(12)11-7-4-5-10-6-7/h5-8,11-12,19,21-23H,9-10,13-18,20H2,1-4H3,(H,33,38);4-7,10-11,18,20-21,23H,8-9,12-17,19H2,1-3H3;2-5,8-9,16,18-20H,6-7,10-15,17,28H2,1H3;2-5,8-9,14-16H,6-7,10-13H2,1H3;7,10H,4-6H2,1-3H3,(H,11,12)/t2*23-;20-;;7-/m111.1/s1. The number of nitrogens with one attached hydrogen (secondary N) is 3. The average Bonchev–Trinajstić information content (AvgIpc) is 1.73. The van der Waals surface area contributed by atoms with E-state index in [1.807, 2.05) is 53.7 Å². The Labute approximate surface area is 888 Å². The van der Waals surface area contributed by atoms with E-state index in [0.717, 1.165) is 288 Å². The van der Waals surface area contributed by atoms with E-state index in [-0.39, 0.29) is 30.3 Å². The number of likely N-dealkylation sites (N-methyl/N-ethyl adjacent to an activating group) is 1. The van der Waals surface area contributed by atoms with Gasteiger partial charge in [0.2, 0.25) is 0 Å². The molecule has 29 heteroatoms. The molecule has 149 heavy (non-hydrogen) atoms. The lowest BCUT2D eigenvalue weighted by Crippen LogP contribution is -2.40. The molecule has 12 aromatic rings. The highest BCUT2D eigenvalue weighted by Gasteiger charge is 2.39. The van der Waals surface area contributed by atoms with Crippen molar-refractivity contribution in [2.75, 3.05) is 182 Å². The summed E-state index contributed by atoms with van der Waals surface area (Å²) >= 11 is 3.62. The number of carbonyl (C=O) groups is 2. The van der Waals surface area contributed by atoms with Crippen molar-refractivity contribution >= 4 is 112 Å². The smallest absolute Gasteiger partial charge is 0.407 e. The number of carbonyl (C=O) groups excluding carboxylic acids is 2. The first kappa shape index (κ1) is 104. The van der Waals surface area contributed by atoms with E-state index in [9.17, 15) is 9.59 Å². The SMILES string of the molecule is CC(C)(C)OC(=O)N[C@@H]1CCNC1.COc1ccccc1C1CCN(c2nc(C3CC3)nc3ccc(Br)cc23)CC1.COc1ccccc1C1CCN(c2nc(C3CC3)nc3ccc(N4CC[C@@H](N(C)C)C4)cc23)CC1.COc1ccccc1C1CCN(c2nc(C3CC3)nc3ccc(N4CC[C@@H](N)C4)cc23)CC1.COc1ccccc1C1CCN(c2nc(C3CC3)nc3ccc(N4CC[C@@H](NC(=O)OC(C)(C)C)C4)cc23)CC1. The molecule has 4 aliphatic carbocycles. The molecule has 12 heterocycles. The second kappa shape index (κ2) is 46.3. The molecule has 2 amide bonds. The van der Waals surface area contributed by atoms with Crippen molar-refractivity contribution < 1.29 is 38.0 Å². The number of hydrogen-bond donors (Lipinski definition) is 4. The first-order valence-corrected chi connectivity index (χ1v) is 55.9. The van der Waals surface area contributed by atoms with Crippen LogP contribution in [0.25, 0.3) is 43.6 Å². The number of alkyl carbamates (subject to hydrolysis) is 2. The number of methoxy groups -OCH3 is 4. The van der Waals surface area contributed by atoms with Gasteiger partial charge in [0.1, 0.15) is 80.8 Å². The van der Waals surface area contributed by atoms with E-state index in [0.29, 0.717) is 53.4 Å². The Hall–Kier alpha value is -12.2. The van der Waals surface area contributed by atoms with Crippen LogP contribution in [0.1, 0.15) is 263 Å². The Balaban J connectivity index is 0.000000116. The van der Waals surface area contributed by atoms with Gasteiger partial charge in [-0.05, 0) is 334 Å². The van der Waals surface area contributed by atoms with Gasteiger partial charge in [-0.15, -0.1) is 0 Å². The number of anilines is 7. The molecule has 5 N–H and O–H groups in total. The Morgan fingerprint density at radius 2 is 0.644 bits per heavy atom. The summed E-state index contributed by atoms with van der Waals surface area (Å²) in [4.78, 5) is 83.4. The van der Waals surface area contributed by atoms with Crippen LogP contribution >= 0.6 is 15.9 Å². The fourth-order valence-electron chi connectivity index (χ4n) is 23.0. The number of fused-ring (bicyclic) bond motifs is 4. The van der Waals surface area contributed by atoms with E-state index in [4.69, 9.17) is 74.0 Å². The number of ether oxygens (including phenoxy) is 6. The number of nitrogens with two attached hydrogens (primary N) is 1. The summed E-state index contributed by atoms with van der Waals surface area (Å²) in [6.45, 7) is 26.8. The lowest BCUT2D eigenvalue weighted by Gasteiger charge is -2.34. The topological polar surface area (TPSA) is 281 Å². The molecule has 0 bridgehead atoms. The van der Waals surface area contributed by atoms with Gasteiger partial charge >= 0.3 is 12.2 Å². The number of aromatic nitrogens is 8. The molecular formula is C120H153BrN20O8. The van der Waals surface area contributed by atoms with Gasteiger partial charge in [-0.1, -0.05) is 88.7 Å². The van der Waals surface area contributed by atoms with Crippen LogP contribution in [-0.2, 0) is 9.47 Å². The number of benzene rings is 8. The van der Waals surface area contributed by atoms with Gasteiger partial charge < -0.3 is 89.3 Å². The molecule has 8 aliphatic heterocycles. The first-order chi connectivity index (χ1) is 72.3. The lowest BCUT2D eigenvalue weighted by molar-refractivity contribution is 0.0497. The highest BCUT2D eigenvalue weighted by atomic mass is 79.9. The Bertz CT molecular complexity index is 6650. The molecular weight excluding hydrogens is 1930 g/mol. The zero-order valence-corrected chi connectivity index (χ0v) is 91.0. The number of piperidine rings is 4. The number of nitrogens with zero attached hydrogens (tertiary/aromatic N) is 16. The van der Waals surface area contributed by atoms with E-state index >= 15 is 0 Å². The molecule has 0 radical (unpaired) electrons. The van der Waals surface area contributed by atoms with E-state index in [2.05, 4.69) is 243 Å². The Morgan fingerprint density at radius 3 is 0.946 bits per heavy atom. The molecule has 0 unspecified atom stereocenters. The molecule has 788 valence electrons. The maximum atomic E-state index is 12.3. The molecule has 12 fully saturated rings. The molecule has 24 rings (SSSR count). The highest BCUT2D eigenvalue weighted by Crippen LogP contribution is 2.49. The third-order valence-corrected chi connectivity index (χ3v) is 32.3. The first-order valence-electron chi connectivity index (χ1n) is 55.1. The zero-order valence-electron chi connectivity index (χ0n) is 89.4. The van der Waals surface area contributed by atoms with Crippen LogP contribution in [-0.4, -0.2) is 240 Å². The minimum absolute atomic E-state index is 0.0625. The maximum Gasteiger partial charge on any atom is 0.407 e. The summed E-state index contributed by atoms with van der Waals surface area (Å²) in [5.74, 6) is 16.7. The largest absolute Gasteiger partial charge is 0.496 e. The number of para-hydroxylation sites is 4. The monoisotopic (exact) mass is 2080 g/mol. The molecule has 28 nitrogen and oxygen atoms in total. The normalized spacial score (nSPS) is 20.6. The molecule has 12 aliphatic rings. The summed E-state index contributed by atoms with van der Waals surface area (Å²) in [7, 11) is 11.4. The van der Waals surface area contributed by atoms with Crippen molar-refractivity contribution in [3.8, 4) is 23.0 Å². The number of halogens is 1. The number of amides is 2. The van der Waals surface area contributed by atoms with Crippen molar-refractivity contribution in [1.29, 1.82) is 0 Å². The van der Waals surface area contributed by atoms with Crippen molar-refractivity contribution in [2.45, 2.75) is 253 Å². The second-order valence-electron chi connectivity index (χ2n) is 45.3. The predicted molar refractivity (Wildman–Crippen MR) is 602 cm³/mol. The van der Waals surface area contributed by atoms with Crippen LogP contribution in [0.15, 0.2) is 174 Å². The van der Waals surface area contributed by atoms with Gasteiger partial charge in [-0.25, -0.2) is 49.5 Å². The molecule has 8 aromatic carbocycles. The number of hydrogen-bond acceptors (Lipinski definition) is 26. The zero-order chi connectivity index (χ0) is 103. The van der Waals surface area contributed by atoms with Crippen molar-refractivity contribution in [2.24, 2.45) is 5.73 Å². The number of rotatable bonds is 22. The third kappa shape index (κ3) is 25.7. The second-order valence-corrected chi connectivity index (χ2v) is 46.2. The summed E-state index contributed by atoms with van der Waals surface area (Å²) in [6, 6.07) is 61.5. The fraction of sp³-hybridized carbons (Fsp3) is 0.517. The van der Waals surface area contributed by atoms with E-state index in [1.54, 1.807) is 28.4 Å². The fourth-order valence-corrected chi connectivity index (χ4v) is 23.3. The quantitative estimate of drug-likeness (QED) is 0.0490. The molecule has 4 atom stereocenters. The van der Waals surface area contributed by atoms with Crippen LogP contribution < -0.4 is 74.9 Å². The lowest BCUT2D eigenvalue weighted by atomic mass is 9.88. The summed E-state index contributed by atoms with van der Waals surface area (Å²) in [6.07, 6.45) is 21.9. The summed E-state index contributed by atoms with van der Waals surface area (Å²) in [5.41, 5.74) is 18.5. The minimum Gasteiger partial charge on any atom is -0.496 e. The molecule has 8 saturated heterocycles. The van der Waals surface area contributed by atoms with Crippen molar-refractivity contribution in [3.63, 3.8) is 0 Å². The molecule has 4 aromatic heterocycles. The van der Waals surface area contributed by atoms with Gasteiger partial charge in [0.05, 0.1) is 56.5 Å². The van der Waals surface area contributed by atoms with Crippen LogP contribution in [0.5, 0.6) is 23.0 Å². The minimum atomic E-state index is -0.502.